The van der Waals surface area contributed by atoms with Gasteiger partial charge in [0.15, 0.2) is 0 Å². The second kappa shape index (κ2) is 6.05. The van der Waals surface area contributed by atoms with E-state index in [1.165, 1.54) is 7.11 Å². The molecular formula is C15H22F4O5. The molecule has 3 rings (SSSR count). The van der Waals surface area contributed by atoms with E-state index in [9.17, 15) is 22.7 Å². The first-order chi connectivity index (χ1) is 11.1. The summed E-state index contributed by atoms with van der Waals surface area (Å²) in [6.07, 6.45) is -7.85. The Kier molecular flexibility index (Phi) is 4.62. The van der Waals surface area contributed by atoms with Crippen LogP contribution in [0.15, 0.2) is 0 Å². The van der Waals surface area contributed by atoms with E-state index in [2.05, 4.69) is 4.74 Å². The number of ether oxygens (including phenoxy) is 4. The molecule has 3 aliphatic rings. The minimum absolute atomic E-state index is 0.0644. The Bertz CT molecular complexity index is 469. The maximum absolute atomic E-state index is 14.0. The highest BCUT2D eigenvalue weighted by Crippen LogP contribution is 2.59. The first kappa shape index (κ1) is 18.3. The standard InChI is InChI=1S/C15H22F4O5/c1-13(9(24-13)3-4-22-7-15(17,18)19)12-11(21-2)10(20)8(16)5-14(12)6-23-14/h8-12,20H,3-7H2,1-2H3. The quantitative estimate of drug-likeness (QED) is 0.444. The van der Waals surface area contributed by atoms with Gasteiger partial charge in [-0.05, 0) is 13.3 Å². The SMILES string of the molecule is COC1C(O)C(F)CC2(CO2)C1C1(C)OC1CCOCC(F)(F)F. The molecule has 7 unspecified atom stereocenters. The average Bonchev–Trinajstić information content (AvgIpc) is 3.37. The zero-order valence-electron chi connectivity index (χ0n) is 13.5. The van der Waals surface area contributed by atoms with E-state index in [-0.39, 0.29) is 31.5 Å². The van der Waals surface area contributed by atoms with Gasteiger partial charge in [-0.2, -0.15) is 13.2 Å². The lowest BCUT2D eigenvalue weighted by molar-refractivity contribution is -0.174. The molecule has 1 saturated carbocycles. The lowest BCUT2D eigenvalue weighted by atomic mass is 9.67. The molecule has 0 aromatic heterocycles. The predicted octanol–water partition coefficient (Wildman–Crippen LogP) is 1.62. The van der Waals surface area contributed by atoms with Gasteiger partial charge in [0.25, 0.3) is 0 Å². The number of aliphatic hydroxyl groups is 1. The maximum Gasteiger partial charge on any atom is 0.411 e. The van der Waals surface area contributed by atoms with E-state index in [0.717, 1.165) is 0 Å². The Labute approximate surface area is 137 Å². The second-order valence-electron chi connectivity index (χ2n) is 6.99. The van der Waals surface area contributed by atoms with E-state index < -0.39 is 42.4 Å². The summed E-state index contributed by atoms with van der Waals surface area (Å²) < 4.78 is 71.4. The van der Waals surface area contributed by atoms with Crippen LogP contribution in [-0.4, -0.2) is 73.9 Å². The molecule has 0 radical (unpaired) electrons. The Morgan fingerprint density at radius 1 is 1.33 bits per heavy atom. The third-order valence-electron chi connectivity index (χ3n) is 5.32. The van der Waals surface area contributed by atoms with Crippen LogP contribution in [-0.2, 0) is 18.9 Å². The fourth-order valence-corrected chi connectivity index (χ4v) is 4.06. The van der Waals surface area contributed by atoms with Gasteiger partial charge in [0.2, 0.25) is 0 Å². The van der Waals surface area contributed by atoms with Crippen LogP contribution in [0.5, 0.6) is 0 Å². The van der Waals surface area contributed by atoms with Crippen LogP contribution in [0, 0.1) is 5.92 Å². The Hall–Kier alpha value is -0.480. The molecule has 0 amide bonds. The predicted molar refractivity (Wildman–Crippen MR) is 73.3 cm³/mol. The molecule has 1 aliphatic carbocycles. The summed E-state index contributed by atoms with van der Waals surface area (Å²) in [5.74, 6) is -0.385. The topological polar surface area (TPSA) is 63.8 Å². The highest BCUT2D eigenvalue weighted by Gasteiger charge is 2.73. The van der Waals surface area contributed by atoms with Crippen molar-refractivity contribution in [2.45, 2.75) is 61.6 Å². The molecule has 1 N–H and O–H groups in total. The molecule has 2 heterocycles. The van der Waals surface area contributed by atoms with Crippen LogP contribution in [0.3, 0.4) is 0 Å². The van der Waals surface area contributed by atoms with Crippen molar-refractivity contribution in [2.24, 2.45) is 5.92 Å². The first-order valence-corrected chi connectivity index (χ1v) is 7.94. The number of rotatable bonds is 6. The van der Waals surface area contributed by atoms with Crippen molar-refractivity contribution < 1.29 is 41.6 Å². The summed E-state index contributed by atoms with van der Waals surface area (Å²) >= 11 is 0. The number of epoxide rings is 2. The van der Waals surface area contributed by atoms with Crippen LogP contribution >= 0.6 is 0 Å². The fourth-order valence-electron chi connectivity index (χ4n) is 4.06. The number of methoxy groups -OCH3 is 1. The number of alkyl halides is 4. The number of hydrogen-bond donors (Lipinski definition) is 1. The van der Waals surface area contributed by atoms with E-state index in [1.807, 2.05) is 0 Å². The molecule has 0 aromatic carbocycles. The molecule has 0 aromatic rings. The first-order valence-electron chi connectivity index (χ1n) is 7.94. The summed E-state index contributed by atoms with van der Waals surface area (Å²) in [5.41, 5.74) is -1.46. The van der Waals surface area contributed by atoms with Gasteiger partial charge in [0, 0.05) is 20.1 Å². The summed E-state index contributed by atoms with van der Waals surface area (Å²) in [6, 6.07) is 0. The molecule has 24 heavy (non-hydrogen) atoms. The van der Waals surface area contributed by atoms with Gasteiger partial charge in [-0.3, -0.25) is 0 Å². The lowest BCUT2D eigenvalue weighted by Gasteiger charge is -2.42. The van der Waals surface area contributed by atoms with Gasteiger partial charge in [-0.1, -0.05) is 0 Å². The Morgan fingerprint density at radius 2 is 2.00 bits per heavy atom. The number of halogens is 4. The van der Waals surface area contributed by atoms with E-state index in [1.54, 1.807) is 6.92 Å². The highest BCUT2D eigenvalue weighted by molar-refractivity contribution is 5.20. The van der Waals surface area contributed by atoms with Gasteiger partial charge in [-0.25, -0.2) is 4.39 Å². The molecule has 3 fully saturated rings. The van der Waals surface area contributed by atoms with Crippen molar-refractivity contribution in [3.63, 3.8) is 0 Å². The minimum Gasteiger partial charge on any atom is -0.387 e. The highest BCUT2D eigenvalue weighted by atomic mass is 19.4. The van der Waals surface area contributed by atoms with Crippen molar-refractivity contribution in [2.75, 3.05) is 26.9 Å². The maximum atomic E-state index is 14.0. The van der Waals surface area contributed by atoms with Gasteiger partial charge < -0.3 is 24.1 Å². The van der Waals surface area contributed by atoms with Gasteiger partial charge in [-0.15, -0.1) is 0 Å². The summed E-state index contributed by atoms with van der Waals surface area (Å²) in [4.78, 5) is 0. The van der Waals surface area contributed by atoms with Crippen molar-refractivity contribution in [3.05, 3.63) is 0 Å². The molecule has 0 bridgehead atoms. The fraction of sp³-hybridized carbons (Fsp3) is 1.00. The van der Waals surface area contributed by atoms with Gasteiger partial charge in [0.1, 0.15) is 30.1 Å². The lowest BCUT2D eigenvalue weighted by Crippen LogP contribution is -2.58. The average molecular weight is 358 g/mol. The second-order valence-corrected chi connectivity index (χ2v) is 6.99. The Morgan fingerprint density at radius 3 is 2.54 bits per heavy atom. The smallest absolute Gasteiger partial charge is 0.387 e. The molecular weight excluding hydrogens is 336 g/mol. The number of aliphatic hydroxyl groups excluding tert-OH is 1. The zero-order chi connectivity index (χ0) is 17.8. The molecule has 2 aliphatic heterocycles. The van der Waals surface area contributed by atoms with Crippen molar-refractivity contribution in [1.29, 1.82) is 0 Å². The zero-order valence-corrected chi connectivity index (χ0v) is 13.5. The van der Waals surface area contributed by atoms with Crippen LogP contribution in [0.1, 0.15) is 19.8 Å². The van der Waals surface area contributed by atoms with Crippen molar-refractivity contribution in [3.8, 4) is 0 Å². The van der Waals surface area contributed by atoms with Crippen molar-refractivity contribution in [1.82, 2.24) is 0 Å². The molecule has 7 atom stereocenters. The van der Waals surface area contributed by atoms with E-state index >= 15 is 0 Å². The molecule has 5 nitrogen and oxygen atoms in total. The molecule has 2 saturated heterocycles. The monoisotopic (exact) mass is 358 g/mol. The molecule has 1 spiro atoms. The van der Waals surface area contributed by atoms with E-state index in [0.29, 0.717) is 6.61 Å². The largest absolute Gasteiger partial charge is 0.411 e. The third-order valence-corrected chi connectivity index (χ3v) is 5.32. The van der Waals surface area contributed by atoms with Crippen LogP contribution in [0.4, 0.5) is 17.6 Å². The van der Waals surface area contributed by atoms with Gasteiger partial charge >= 0.3 is 6.18 Å². The summed E-state index contributed by atoms with van der Waals surface area (Å²) in [7, 11) is 1.39. The van der Waals surface area contributed by atoms with E-state index in [4.69, 9.17) is 14.2 Å². The Balaban J connectivity index is 1.61. The number of hydrogen-bond acceptors (Lipinski definition) is 5. The molecule has 9 heteroatoms. The van der Waals surface area contributed by atoms with Crippen LogP contribution in [0.25, 0.3) is 0 Å². The third kappa shape index (κ3) is 3.29. The molecule has 140 valence electrons. The van der Waals surface area contributed by atoms with Crippen LogP contribution < -0.4 is 0 Å². The normalized spacial score (nSPS) is 47.9. The minimum atomic E-state index is -4.36. The summed E-state index contributed by atoms with van der Waals surface area (Å²) in [5, 5.41) is 10.1. The van der Waals surface area contributed by atoms with Crippen molar-refractivity contribution >= 4 is 0 Å². The van der Waals surface area contributed by atoms with Gasteiger partial charge in [0.05, 0.1) is 24.7 Å². The summed E-state index contributed by atoms with van der Waals surface area (Å²) in [6.45, 7) is 0.774. The van der Waals surface area contributed by atoms with Crippen LogP contribution in [0.2, 0.25) is 0 Å².